The number of hydrogen-bond donors (Lipinski definition) is 0. The average Bonchev–Trinajstić information content (AvgIpc) is 3.43. The van der Waals surface area contributed by atoms with Crippen molar-refractivity contribution in [3.63, 3.8) is 0 Å². The fourth-order valence-electron chi connectivity index (χ4n) is 6.27. The third-order valence-corrected chi connectivity index (χ3v) is 8.69. The van der Waals surface area contributed by atoms with Gasteiger partial charge in [0.15, 0.2) is 6.20 Å². The van der Waals surface area contributed by atoms with Crippen LogP contribution in [-0.2, 0) is 7.05 Å². The molecule has 0 unspecified atom stereocenters. The minimum Gasteiger partial charge on any atom is -0.454 e. The molecule has 0 aliphatic carbocycles. The van der Waals surface area contributed by atoms with Crippen molar-refractivity contribution >= 4 is 21.9 Å². The molecule has 0 amide bonds. The van der Waals surface area contributed by atoms with E-state index < -0.39 is 0 Å². The lowest BCUT2D eigenvalue weighted by Crippen LogP contribution is -2.31. The summed E-state index contributed by atoms with van der Waals surface area (Å²) in [5.41, 5.74) is 13.2. The highest BCUT2D eigenvalue weighted by atomic mass is 16.3. The molecule has 2 heterocycles. The lowest BCUT2D eigenvalue weighted by molar-refractivity contribution is -0.660. The molecule has 0 N–H and O–H groups in total. The summed E-state index contributed by atoms with van der Waals surface area (Å²) in [5.74, 6) is 0.449. The summed E-state index contributed by atoms with van der Waals surface area (Å²) in [5, 5.41) is 12.2. The first-order valence-electron chi connectivity index (χ1n) is 15.1. The van der Waals surface area contributed by atoms with Crippen molar-refractivity contribution in [1.82, 2.24) is 0 Å². The Bertz CT molecular complexity index is 2220. The monoisotopic (exact) mass is 569 g/mol. The summed E-state index contributed by atoms with van der Waals surface area (Å²) in [6, 6.07) is 42.6. The largest absolute Gasteiger partial charge is 0.454 e. The molecule has 2 aromatic heterocycles. The first-order valence-corrected chi connectivity index (χ1v) is 15.1. The maximum atomic E-state index is 10.2. The molecule has 7 aromatic rings. The van der Waals surface area contributed by atoms with E-state index in [9.17, 15) is 5.26 Å². The van der Waals surface area contributed by atoms with Gasteiger partial charge in [-0.2, -0.15) is 5.26 Å². The standard InChI is InChI=1S/C41H33N2O/c1-26(2)34-19-22-37(43(4)25-34)38-27(3)13-20-35-36-21-18-33(24-42)39(41(36)44-40(35)38)30-16-14-29(15-17-30)32-12-8-11-31(23-32)28-9-6-5-7-10-28/h5-23,25-26H,1-4H3/q+1. The fraction of sp³-hybridized carbons (Fsp3) is 0.122. The number of rotatable bonds is 5. The Morgan fingerprint density at radius 1 is 0.636 bits per heavy atom. The third kappa shape index (κ3) is 4.66. The van der Waals surface area contributed by atoms with Crippen molar-refractivity contribution < 1.29 is 8.98 Å². The van der Waals surface area contributed by atoms with Crippen LogP contribution < -0.4 is 4.57 Å². The summed E-state index contributed by atoms with van der Waals surface area (Å²) in [7, 11) is 2.10. The van der Waals surface area contributed by atoms with Gasteiger partial charge >= 0.3 is 0 Å². The number of fused-ring (bicyclic) bond motifs is 3. The summed E-state index contributed by atoms with van der Waals surface area (Å²) in [4.78, 5) is 0. The van der Waals surface area contributed by atoms with Crippen molar-refractivity contribution in [3.05, 3.63) is 138 Å². The number of aromatic nitrogens is 1. The molecule has 0 spiro atoms. The van der Waals surface area contributed by atoms with E-state index in [2.05, 4.69) is 142 Å². The maximum Gasteiger partial charge on any atom is 0.216 e. The molecule has 0 bridgehead atoms. The molecule has 3 heteroatoms. The maximum absolute atomic E-state index is 10.2. The van der Waals surface area contributed by atoms with Crippen molar-refractivity contribution in [2.24, 2.45) is 7.05 Å². The van der Waals surface area contributed by atoms with Gasteiger partial charge in [0.25, 0.3) is 0 Å². The Morgan fingerprint density at radius 2 is 1.25 bits per heavy atom. The van der Waals surface area contributed by atoms with E-state index in [1.54, 1.807) is 0 Å². The zero-order valence-corrected chi connectivity index (χ0v) is 25.4. The highest BCUT2D eigenvalue weighted by molar-refractivity contribution is 6.14. The van der Waals surface area contributed by atoms with Crippen LogP contribution in [0.5, 0.6) is 0 Å². The third-order valence-electron chi connectivity index (χ3n) is 8.69. The number of furan rings is 1. The number of nitrogens with zero attached hydrogens (tertiary/aromatic N) is 2. The molecular formula is C41H33N2O+. The molecular weight excluding hydrogens is 536 g/mol. The Labute approximate surface area is 258 Å². The van der Waals surface area contributed by atoms with Crippen LogP contribution in [0.4, 0.5) is 0 Å². The van der Waals surface area contributed by atoms with Gasteiger partial charge < -0.3 is 4.42 Å². The minimum atomic E-state index is 0.449. The van der Waals surface area contributed by atoms with E-state index in [1.165, 1.54) is 16.7 Å². The Balaban J connectivity index is 1.36. The summed E-state index contributed by atoms with van der Waals surface area (Å²) >= 11 is 0. The summed E-state index contributed by atoms with van der Waals surface area (Å²) in [6.45, 7) is 6.55. The second-order valence-corrected chi connectivity index (χ2v) is 11.9. The van der Waals surface area contributed by atoms with Crippen LogP contribution in [0.15, 0.2) is 126 Å². The van der Waals surface area contributed by atoms with Crippen LogP contribution in [0.25, 0.3) is 66.6 Å². The molecule has 212 valence electrons. The van der Waals surface area contributed by atoms with Gasteiger partial charge in [0.2, 0.25) is 5.69 Å². The van der Waals surface area contributed by atoms with E-state index in [0.29, 0.717) is 11.5 Å². The highest BCUT2D eigenvalue weighted by Gasteiger charge is 2.23. The number of aryl methyl sites for hydroxylation is 2. The summed E-state index contributed by atoms with van der Waals surface area (Å²) < 4.78 is 8.99. The molecule has 0 saturated heterocycles. The van der Waals surface area contributed by atoms with Crippen LogP contribution in [0.2, 0.25) is 0 Å². The molecule has 0 aliphatic heterocycles. The first-order chi connectivity index (χ1) is 21.4. The Morgan fingerprint density at radius 3 is 1.91 bits per heavy atom. The SMILES string of the molecule is Cc1ccc2c(oc3c(-c4ccc(-c5cccc(-c6ccccc6)c5)cc4)c(C#N)ccc32)c1-c1ccc(C(C)C)c[n+]1C. The normalized spacial score (nSPS) is 11.4. The lowest BCUT2D eigenvalue weighted by Gasteiger charge is -2.09. The molecule has 0 radical (unpaired) electrons. The van der Waals surface area contributed by atoms with Gasteiger partial charge in [0.05, 0.1) is 17.2 Å². The highest BCUT2D eigenvalue weighted by Crippen LogP contribution is 2.42. The topological polar surface area (TPSA) is 40.8 Å². The Kier molecular flexibility index (Phi) is 6.84. The van der Waals surface area contributed by atoms with Gasteiger partial charge in [-0.3, -0.25) is 0 Å². The van der Waals surface area contributed by atoms with Crippen LogP contribution in [-0.4, -0.2) is 0 Å². The number of benzene rings is 5. The van der Waals surface area contributed by atoms with Gasteiger partial charge in [-0.25, -0.2) is 4.57 Å². The number of hydrogen-bond acceptors (Lipinski definition) is 2. The van der Waals surface area contributed by atoms with E-state index in [4.69, 9.17) is 4.42 Å². The van der Waals surface area contributed by atoms with Gasteiger partial charge in [-0.1, -0.05) is 98.8 Å². The van der Waals surface area contributed by atoms with E-state index in [0.717, 1.165) is 61.0 Å². The molecule has 5 aromatic carbocycles. The molecule has 7 rings (SSSR count). The van der Waals surface area contributed by atoms with Crippen LogP contribution >= 0.6 is 0 Å². The van der Waals surface area contributed by atoms with Gasteiger partial charge in [0.1, 0.15) is 18.2 Å². The molecule has 0 fully saturated rings. The Hall–Kier alpha value is -5.46. The van der Waals surface area contributed by atoms with Crippen molar-refractivity contribution in [1.29, 1.82) is 5.26 Å². The van der Waals surface area contributed by atoms with Crippen molar-refractivity contribution in [2.45, 2.75) is 26.7 Å². The zero-order chi connectivity index (χ0) is 30.4. The number of pyridine rings is 1. The number of nitriles is 1. The molecule has 0 aliphatic rings. The first kappa shape index (κ1) is 27.4. The molecule has 0 atom stereocenters. The van der Waals surface area contributed by atoms with E-state index >= 15 is 0 Å². The van der Waals surface area contributed by atoms with Gasteiger partial charge in [-0.15, -0.1) is 0 Å². The zero-order valence-electron chi connectivity index (χ0n) is 25.4. The quantitative estimate of drug-likeness (QED) is 0.194. The van der Waals surface area contributed by atoms with E-state index in [1.807, 2.05) is 18.2 Å². The second-order valence-electron chi connectivity index (χ2n) is 11.9. The molecule has 44 heavy (non-hydrogen) atoms. The van der Waals surface area contributed by atoms with Gasteiger partial charge in [-0.05, 0) is 70.5 Å². The van der Waals surface area contributed by atoms with Crippen molar-refractivity contribution in [3.8, 4) is 50.7 Å². The molecule has 0 saturated carbocycles. The lowest BCUT2D eigenvalue weighted by atomic mass is 9.94. The minimum absolute atomic E-state index is 0.449. The summed E-state index contributed by atoms with van der Waals surface area (Å²) in [6.07, 6.45) is 2.21. The van der Waals surface area contributed by atoms with E-state index in [-0.39, 0.29) is 0 Å². The van der Waals surface area contributed by atoms with Gasteiger partial charge in [0, 0.05) is 28.0 Å². The predicted octanol–water partition coefficient (Wildman–Crippen LogP) is 10.4. The van der Waals surface area contributed by atoms with Crippen LogP contribution in [0, 0.1) is 18.3 Å². The smallest absolute Gasteiger partial charge is 0.216 e. The predicted molar refractivity (Wildman–Crippen MR) is 180 cm³/mol. The second kappa shape index (κ2) is 11.0. The average molecular weight is 570 g/mol. The van der Waals surface area contributed by atoms with Crippen LogP contribution in [0.3, 0.4) is 0 Å². The fourth-order valence-corrected chi connectivity index (χ4v) is 6.27. The van der Waals surface area contributed by atoms with Crippen LogP contribution in [0.1, 0.15) is 36.5 Å². The molecule has 3 nitrogen and oxygen atoms in total. The van der Waals surface area contributed by atoms with Crippen molar-refractivity contribution in [2.75, 3.05) is 0 Å².